The van der Waals surface area contributed by atoms with Crippen LogP contribution in [0.4, 0.5) is 14.6 Å². The zero-order chi connectivity index (χ0) is 35.2. The largest absolute Gasteiger partial charge is 0.356 e. The number of halogens is 2. The highest BCUT2D eigenvalue weighted by Gasteiger charge is 2.26. The number of nitrogens with one attached hydrogen (secondary N) is 2. The lowest BCUT2D eigenvalue weighted by Gasteiger charge is -2.34. The Kier molecular flexibility index (Phi) is 10.3. The molecule has 0 spiro atoms. The summed E-state index contributed by atoms with van der Waals surface area (Å²) in [5.41, 5.74) is 3.14. The summed E-state index contributed by atoms with van der Waals surface area (Å²) < 4.78 is 30.6. The molecule has 3 aromatic heterocycles. The van der Waals surface area contributed by atoms with E-state index in [2.05, 4.69) is 36.5 Å². The van der Waals surface area contributed by atoms with E-state index in [-0.39, 0.29) is 23.2 Å². The van der Waals surface area contributed by atoms with Crippen LogP contribution in [0.5, 0.6) is 0 Å². The third-order valence-corrected chi connectivity index (χ3v) is 9.72. The summed E-state index contributed by atoms with van der Waals surface area (Å²) in [6.45, 7) is 3.82. The number of benzene rings is 2. The number of amides is 2. The second-order valence-electron chi connectivity index (χ2n) is 13.1. The molecule has 2 fully saturated rings. The Morgan fingerprint density at radius 2 is 1.18 bits per heavy atom. The molecule has 0 saturated carbocycles. The standard InChI is InChI=1S/C40H39F2N7O2/c41-37-32(28-5-3-17-43-24-28)7-1-9-34(37)39(50)46-30-13-19-48(20-14-30)26-27-11-12-36(45-23-27)49-21-15-31(16-22-49)47-40(51)35-10-2-8-33(38(35)42)29-6-4-18-44-25-29/h1-12,17-18,23-25,30-31H,13-16,19-22,26H2,(H,46,50)(H,47,51). The van der Waals surface area contributed by atoms with Crippen LogP contribution in [-0.2, 0) is 6.54 Å². The van der Waals surface area contributed by atoms with Crippen molar-refractivity contribution >= 4 is 17.6 Å². The molecule has 0 bridgehead atoms. The summed E-state index contributed by atoms with van der Waals surface area (Å²) in [5, 5.41) is 6.06. The minimum Gasteiger partial charge on any atom is -0.356 e. The third kappa shape index (κ3) is 7.94. The van der Waals surface area contributed by atoms with Crippen molar-refractivity contribution in [3.63, 3.8) is 0 Å². The van der Waals surface area contributed by atoms with Crippen molar-refractivity contribution in [3.05, 3.63) is 132 Å². The van der Waals surface area contributed by atoms with Gasteiger partial charge in [-0.2, -0.15) is 0 Å². The Morgan fingerprint density at radius 1 is 0.647 bits per heavy atom. The number of aromatic nitrogens is 3. The van der Waals surface area contributed by atoms with Gasteiger partial charge in [-0.3, -0.25) is 24.5 Å². The number of likely N-dealkylation sites (tertiary alicyclic amines) is 1. The molecule has 9 nitrogen and oxygen atoms in total. The van der Waals surface area contributed by atoms with Gasteiger partial charge < -0.3 is 15.5 Å². The fourth-order valence-electron chi connectivity index (χ4n) is 6.87. The van der Waals surface area contributed by atoms with Crippen molar-refractivity contribution < 1.29 is 18.4 Å². The molecule has 5 aromatic rings. The van der Waals surface area contributed by atoms with Crippen molar-refractivity contribution in [2.75, 3.05) is 31.1 Å². The lowest BCUT2D eigenvalue weighted by atomic mass is 10.0. The van der Waals surface area contributed by atoms with E-state index >= 15 is 8.78 Å². The highest BCUT2D eigenvalue weighted by atomic mass is 19.1. The van der Waals surface area contributed by atoms with Gasteiger partial charge in [0.05, 0.1) is 11.1 Å². The molecular formula is C40H39F2N7O2. The quantitative estimate of drug-likeness (QED) is 0.188. The predicted octanol–water partition coefficient (Wildman–Crippen LogP) is 6.28. The van der Waals surface area contributed by atoms with Crippen LogP contribution in [0.1, 0.15) is 52.0 Å². The summed E-state index contributed by atoms with van der Waals surface area (Å²) in [6.07, 6.45) is 11.3. The van der Waals surface area contributed by atoms with Crippen molar-refractivity contribution in [2.45, 2.75) is 44.3 Å². The van der Waals surface area contributed by atoms with E-state index < -0.39 is 23.4 Å². The van der Waals surface area contributed by atoms with Crippen LogP contribution in [0.15, 0.2) is 104 Å². The highest BCUT2D eigenvalue weighted by molar-refractivity contribution is 5.96. The zero-order valence-electron chi connectivity index (χ0n) is 28.1. The normalized spacial score (nSPS) is 15.8. The van der Waals surface area contributed by atoms with Gasteiger partial charge in [-0.1, -0.05) is 42.5 Å². The van der Waals surface area contributed by atoms with Crippen LogP contribution in [0.2, 0.25) is 0 Å². The number of hydrogen-bond acceptors (Lipinski definition) is 7. The van der Waals surface area contributed by atoms with Crippen molar-refractivity contribution in [1.29, 1.82) is 0 Å². The number of hydrogen-bond donors (Lipinski definition) is 2. The molecule has 2 amide bonds. The first kappa shape index (κ1) is 33.9. The smallest absolute Gasteiger partial charge is 0.254 e. The molecule has 11 heteroatoms. The molecule has 2 saturated heterocycles. The molecule has 7 rings (SSSR count). The lowest BCUT2D eigenvalue weighted by molar-refractivity contribution is 0.0902. The molecule has 2 aliphatic rings. The van der Waals surface area contributed by atoms with Gasteiger partial charge in [0.15, 0.2) is 0 Å². The number of nitrogens with zero attached hydrogens (tertiary/aromatic N) is 5. The second-order valence-corrected chi connectivity index (χ2v) is 13.1. The average Bonchev–Trinajstić information content (AvgIpc) is 3.17. The van der Waals surface area contributed by atoms with Crippen molar-refractivity contribution in [2.24, 2.45) is 0 Å². The Labute approximate surface area is 295 Å². The van der Waals surface area contributed by atoms with E-state index in [9.17, 15) is 9.59 Å². The van der Waals surface area contributed by atoms with Crippen LogP contribution in [0.25, 0.3) is 22.3 Å². The molecule has 0 unspecified atom stereocenters. The summed E-state index contributed by atoms with van der Waals surface area (Å²) >= 11 is 0. The fourth-order valence-corrected chi connectivity index (χ4v) is 6.87. The summed E-state index contributed by atoms with van der Waals surface area (Å²) in [5.74, 6) is -1.01. The van der Waals surface area contributed by atoms with Crippen LogP contribution in [0, 0.1) is 11.6 Å². The van der Waals surface area contributed by atoms with Crippen molar-refractivity contribution in [3.8, 4) is 22.3 Å². The van der Waals surface area contributed by atoms with E-state index in [1.807, 2.05) is 12.3 Å². The molecule has 51 heavy (non-hydrogen) atoms. The van der Waals surface area contributed by atoms with Gasteiger partial charge in [-0.15, -0.1) is 0 Å². The average molecular weight is 688 g/mol. The van der Waals surface area contributed by atoms with Crippen molar-refractivity contribution in [1.82, 2.24) is 30.5 Å². The molecule has 2 aliphatic heterocycles. The van der Waals surface area contributed by atoms with Gasteiger partial charge in [0.2, 0.25) is 0 Å². The number of carbonyl (C=O) groups is 2. The Morgan fingerprint density at radius 3 is 1.65 bits per heavy atom. The van der Waals surface area contributed by atoms with Gasteiger partial charge >= 0.3 is 0 Å². The topological polar surface area (TPSA) is 103 Å². The van der Waals surface area contributed by atoms with Gasteiger partial charge in [-0.25, -0.2) is 13.8 Å². The number of piperidine rings is 2. The zero-order valence-corrected chi connectivity index (χ0v) is 28.1. The van der Waals surface area contributed by atoms with E-state index in [0.717, 1.165) is 69.8 Å². The van der Waals surface area contributed by atoms with Crippen LogP contribution in [0.3, 0.4) is 0 Å². The first-order chi connectivity index (χ1) is 24.9. The van der Waals surface area contributed by atoms with Crippen LogP contribution >= 0.6 is 0 Å². The van der Waals surface area contributed by atoms with E-state index in [1.165, 1.54) is 12.1 Å². The molecule has 2 N–H and O–H groups in total. The maximum Gasteiger partial charge on any atom is 0.254 e. The highest BCUT2D eigenvalue weighted by Crippen LogP contribution is 2.27. The molecule has 5 heterocycles. The van der Waals surface area contributed by atoms with E-state index in [4.69, 9.17) is 4.98 Å². The minimum atomic E-state index is -0.545. The maximum atomic E-state index is 15.3. The monoisotopic (exact) mass is 687 g/mol. The molecule has 260 valence electrons. The second kappa shape index (κ2) is 15.6. The lowest BCUT2D eigenvalue weighted by Crippen LogP contribution is -2.45. The van der Waals surface area contributed by atoms with Gasteiger partial charge in [0.25, 0.3) is 11.8 Å². The first-order valence-corrected chi connectivity index (χ1v) is 17.3. The third-order valence-electron chi connectivity index (χ3n) is 9.72. The summed E-state index contributed by atoms with van der Waals surface area (Å²) in [4.78, 5) is 43.5. The molecule has 2 aromatic carbocycles. The predicted molar refractivity (Wildman–Crippen MR) is 192 cm³/mol. The van der Waals surface area contributed by atoms with Crippen LogP contribution < -0.4 is 15.5 Å². The van der Waals surface area contributed by atoms with Gasteiger partial charge in [0.1, 0.15) is 17.5 Å². The Balaban J connectivity index is 0.859. The minimum absolute atomic E-state index is 0.0283. The number of carbonyl (C=O) groups excluding carboxylic acids is 2. The Bertz CT molecular complexity index is 1960. The molecular weight excluding hydrogens is 648 g/mol. The molecule has 0 radical (unpaired) electrons. The van der Waals surface area contributed by atoms with Gasteiger partial charge in [0, 0.05) is 98.0 Å². The first-order valence-electron chi connectivity index (χ1n) is 17.3. The summed E-state index contributed by atoms with van der Waals surface area (Å²) in [7, 11) is 0. The molecule has 0 atom stereocenters. The van der Waals surface area contributed by atoms with E-state index in [1.54, 1.807) is 73.3 Å². The fraction of sp³-hybridized carbons (Fsp3) is 0.275. The van der Waals surface area contributed by atoms with Crippen LogP contribution in [-0.4, -0.2) is 69.9 Å². The van der Waals surface area contributed by atoms with E-state index in [0.29, 0.717) is 22.3 Å². The maximum absolute atomic E-state index is 15.3. The SMILES string of the molecule is O=C(NC1CCN(Cc2ccc(N3CCC(NC(=O)c4cccc(-c5cccnc5)c4F)CC3)nc2)CC1)c1cccc(-c2cccnc2)c1F. The Hall–Kier alpha value is -5.55. The number of pyridine rings is 3. The van der Waals surface area contributed by atoms with Gasteiger partial charge in [-0.05, 0) is 61.6 Å². The number of rotatable bonds is 9. The molecule has 0 aliphatic carbocycles. The number of anilines is 1. The summed E-state index contributed by atoms with van der Waals surface area (Å²) in [6, 6.07) is 20.8.